The van der Waals surface area contributed by atoms with Crippen molar-refractivity contribution in [1.82, 2.24) is 0 Å². The second-order valence-electron chi connectivity index (χ2n) is 6.02. The fraction of sp³-hybridized carbons (Fsp3) is 0.625. The molecule has 0 saturated heterocycles. The Labute approximate surface area is 119 Å². The number of nitrogens with zero attached hydrogens (tertiary/aromatic N) is 3. The van der Waals surface area contributed by atoms with E-state index in [0.717, 1.165) is 24.8 Å². The van der Waals surface area contributed by atoms with Crippen LogP contribution in [0.3, 0.4) is 0 Å². The SMILES string of the molecule is CC(C)[C@H]1[C@H]2CCCC=C2[C@@H](C#N)C(=N)C1(C#N)C#N. The van der Waals surface area contributed by atoms with Crippen LogP contribution in [0.25, 0.3) is 0 Å². The zero-order valence-electron chi connectivity index (χ0n) is 11.8. The number of nitrogens with one attached hydrogen (secondary N) is 1. The lowest BCUT2D eigenvalue weighted by molar-refractivity contribution is 0.179. The van der Waals surface area contributed by atoms with Crippen molar-refractivity contribution in [1.29, 1.82) is 21.2 Å². The summed E-state index contributed by atoms with van der Waals surface area (Å²) in [4.78, 5) is 0. The highest BCUT2D eigenvalue weighted by Crippen LogP contribution is 2.53. The highest BCUT2D eigenvalue weighted by Gasteiger charge is 2.57. The number of rotatable bonds is 1. The Morgan fingerprint density at radius 3 is 2.45 bits per heavy atom. The van der Waals surface area contributed by atoms with Gasteiger partial charge in [0.2, 0.25) is 0 Å². The van der Waals surface area contributed by atoms with E-state index < -0.39 is 11.3 Å². The molecular weight excluding hydrogens is 248 g/mol. The lowest BCUT2D eigenvalue weighted by Crippen LogP contribution is -2.51. The molecule has 2 rings (SSSR count). The van der Waals surface area contributed by atoms with Crippen molar-refractivity contribution in [2.45, 2.75) is 33.1 Å². The van der Waals surface area contributed by atoms with E-state index >= 15 is 0 Å². The van der Waals surface area contributed by atoms with Crippen LogP contribution in [0.2, 0.25) is 0 Å². The van der Waals surface area contributed by atoms with Crippen LogP contribution in [-0.4, -0.2) is 5.71 Å². The molecule has 0 bridgehead atoms. The van der Waals surface area contributed by atoms with Crippen LogP contribution in [0, 0.1) is 68.5 Å². The lowest BCUT2D eigenvalue weighted by Gasteiger charge is -2.47. The highest BCUT2D eigenvalue weighted by molar-refractivity contribution is 6.00. The van der Waals surface area contributed by atoms with E-state index in [0.29, 0.717) is 0 Å². The molecule has 0 aliphatic heterocycles. The van der Waals surface area contributed by atoms with Gasteiger partial charge >= 0.3 is 0 Å². The molecule has 1 saturated carbocycles. The second-order valence-corrected chi connectivity index (χ2v) is 6.02. The third kappa shape index (κ3) is 1.75. The van der Waals surface area contributed by atoms with Crippen LogP contribution < -0.4 is 0 Å². The standard InChI is InChI=1S/C16H18N4/c1-10(2)14-12-6-4-3-5-11(12)13(7-17)15(20)16(14,8-18)9-19/h5,10,12-14,20H,3-4,6H2,1-2H3/t12-,13+,14-/m0/s1. The fourth-order valence-electron chi connectivity index (χ4n) is 3.92. The molecule has 20 heavy (non-hydrogen) atoms. The Bertz CT molecular complexity index is 565. The molecule has 102 valence electrons. The number of fused-ring (bicyclic) bond motifs is 1. The first-order valence-electron chi connectivity index (χ1n) is 7.04. The van der Waals surface area contributed by atoms with Crippen molar-refractivity contribution in [3.8, 4) is 18.2 Å². The van der Waals surface area contributed by atoms with E-state index in [-0.39, 0.29) is 23.5 Å². The molecule has 0 aromatic heterocycles. The number of nitriles is 3. The first-order chi connectivity index (χ1) is 9.53. The summed E-state index contributed by atoms with van der Waals surface area (Å²) in [7, 11) is 0. The maximum Gasteiger partial charge on any atom is 0.186 e. The van der Waals surface area contributed by atoms with Gasteiger partial charge in [-0.15, -0.1) is 0 Å². The maximum absolute atomic E-state index is 9.59. The van der Waals surface area contributed by atoms with Crippen LogP contribution in [-0.2, 0) is 0 Å². The molecule has 0 radical (unpaired) electrons. The van der Waals surface area contributed by atoms with Crippen molar-refractivity contribution in [3.05, 3.63) is 11.6 Å². The number of allylic oxidation sites excluding steroid dienone is 2. The van der Waals surface area contributed by atoms with E-state index in [1.165, 1.54) is 0 Å². The number of hydrogen-bond acceptors (Lipinski definition) is 4. The molecule has 4 heteroatoms. The van der Waals surface area contributed by atoms with Gasteiger partial charge in [0.25, 0.3) is 0 Å². The Morgan fingerprint density at radius 2 is 1.95 bits per heavy atom. The van der Waals surface area contributed by atoms with Crippen LogP contribution in [0.5, 0.6) is 0 Å². The monoisotopic (exact) mass is 266 g/mol. The summed E-state index contributed by atoms with van der Waals surface area (Å²) in [6.45, 7) is 4.00. The molecule has 0 amide bonds. The van der Waals surface area contributed by atoms with Gasteiger partial charge in [0, 0.05) is 5.92 Å². The first kappa shape index (κ1) is 14.3. The van der Waals surface area contributed by atoms with Crippen LogP contribution in [0.1, 0.15) is 33.1 Å². The minimum Gasteiger partial charge on any atom is -0.305 e. The quantitative estimate of drug-likeness (QED) is 0.738. The van der Waals surface area contributed by atoms with Crippen molar-refractivity contribution in [2.24, 2.45) is 29.1 Å². The molecular formula is C16H18N4. The van der Waals surface area contributed by atoms with Crippen molar-refractivity contribution in [3.63, 3.8) is 0 Å². The summed E-state index contributed by atoms with van der Waals surface area (Å²) < 4.78 is 0. The zero-order valence-corrected chi connectivity index (χ0v) is 11.8. The Morgan fingerprint density at radius 1 is 1.30 bits per heavy atom. The van der Waals surface area contributed by atoms with E-state index in [9.17, 15) is 15.8 Å². The van der Waals surface area contributed by atoms with Gasteiger partial charge in [-0.25, -0.2) is 0 Å². The summed E-state index contributed by atoms with van der Waals surface area (Å²) >= 11 is 0. The lowest BCUT2D eigenvalue weighted by atomic mass is 9.52. The Balaban J connectivity index is 2.66. The molecule has 0 aromatic carbocycles. The predicted molar refractivity (Wildman–Crippen MR) is 74.2 cm³/mol. The van der Waals surface area contributed by atoms with Crippen molar-refractivity contribution in [2.75, 3.05) is 0 Å². The van der Waals surface area contributed by atoms with Gasteiger partial charge in [-0.2, -0.15) is 15.8 Å². The summed E-state index contributed by atoms with van der Waals surface area (Å²) in [6.07, 6.45) is 4.92. The molecule has 2 aliphatic rings. The largest absolute Gasteiger partial charge is 0.305 e. The minimum absolute atomic E-state index is 0.0203. The Hall–Kier alpha value is -2.12. The minimum atomic E-state index is -1.45. The Kier molecular flexibility index (Phi) is 3.65. The summed E-state index contributed by atoms with van der Waals surface area (Å²) in [6, 6.07) is 6.30. The molecule has 4 nitrogen and oxygen atoms in total. The molecule has 0 spiro atoms. The molecule has 0 unspecified atom stereocenters. The average molecular weight is 266 g/mol. The van der Waals surface area contributed by atoms with E-state index in [4.69, 9.17) is 5.41 Å². The van der Waals surface area contributed by atoms with Gasteiger partial charge < -0.3 is 5.41 Å². The normalized spacial score (nSPS) is 31.5. The zero-order chi connectivity index (χ0) is 14.9. The predicted octanol–water partition coefficient (Wildman–Crippen LogP) is 3.19. The van der Waals surface area contributed by atoms with Gasteiger partial charge in [0.05, 0.1) is 23.9 Å². The molecule has 1 fully saturated rings. The molecule has 2 aliphatic carbocycles. The fourth-order valence-corrected chi connectivity index (χ4v) is 3.92. The van der Waals surface area contributed by atoms with Crippen LogP contribution in [0.4, 0.5) is 0 Å². The van der Waals surface area contributed by atoms with Crippen LogP contribution in [0.15, 0.2) is 11.6 Å². The highest BCUT2D eigenvalue weighted by atomic mass is 14.7. The smallest absolute Gasteiger partial charge is 0.186 e. The third-order valence-corrected chi connectivity index (χ3v) is 4.71. The van der Waals surface area contributed by atoms with Gasteiger partial charge in [-0.1, -0.05) is 19.9 Å². The molecule has 3 atom stereocenters. The third-order valence-electron chi connectivity index (χ3n) is 4.71. The summed E-state index contributed by atoms with van der Waals surface area (Å²) in [5.41, 5.74) is -0.495. The summed E-state index contributed by atoms with van der Waals surface area (Å²) in [5, 5.41) is 36.9. The molecule has 0 aromatic rings. The number of hydrogen-bond donors (Lipinski definition) is 1. The summed E-state index contributed by atoms with van der Waals surface area (Å²) in [5.74, 6) is -0.682. The average Bonchev–Trinajstić information content (AvgIpc) is 2.46. The maximum atomic E-state index is 9.59. The topological polar surface area (TPSA) is 95.2 Å². The van der Waals surface area contributed by atoms with Crippen LogP contribution >= 0.6 is 0 Å². The van der Waals surface area contributed by atoms with E-state index in [2.05, 4.69) is 24.3 Å². The molecule has 0 heterocycles. The van der Waals surface area contributed by atoms with Crippen molar-refractivity contribution < 1.29 is 0 Å². The second kappa shape index (κ2) is 5.10. The van der Waals surface area contributed by atoms with Gasteiger partial charge in [-0.3, -0.25) is 0 Å². The van der Waals surface area contributed by atoms with Gasteiger partial charge in [0.1, 0.15) is 5.92 Å². The van der Waals surface area contributed by atoms with Gasteiger partial charge in [-0.05, 0) is 36.7 Å². The van der Waals surface area contributed by atoms with Gasteiger partial charge in [0.15, 0.2) is 5.41 Å². The first-order valence-corrected chi connectivity index (χ1v) is 7.04. The van der Waals surface area contributed by atoms with E-state index in [1.54, 1.807) is 0 Å². The van der Waals surface area contributed by atoms with E-state index in [1.807, 2.05) is 13.8 Å². The van der Waals surface area contributed by atoms with Crippen molar-refractivity contribution >= 4 is 5.71 Å². The molecule has 1 N–H and O–H groups in total.